The Bertz CT molecular complexity index is 795. The van der Waals surface area contributed by atoms with Crippen molar-refractivity contribution >= 4 is 29.9 Å². The first-order valence-corrected chi connectivity index (χ1v) is 9.28. The summed E-state index contributed by atoms with van der Waals surface area (Å²) in [4.78, 5) is 58.9. The van der Waals surface area contributed by atoms with Crippen molar-refractivity contribution in [1.82, 2.24) is 16.0 Å². The van der Waals surface area contributed by atoms with Gasteiger partial charge in [-0.25, -0.2) is 0 Å². The van der Waals surface area contributed by atoms with E-state index in [1.807, 2.05) is 0 Å². The highest BCUT2D eigenvalue weighted by atomic mass is 16.5. The van der Waals surface area contributed by atoms with Crippen LogP contribution in [-0.2, 0) is 14.4 Å². The highest BCUT2D eigenvalue weighted by Crippen LogP contribution is 2.21. The normalized spacial score (nSPS) is 16.0. The van der Waals surface area contributed by atoms with Crippen molar-refractivity contribution < 1.29 is 28.7 Å². The number of unbranched alkanes of at least 4 members (excludes halogenated alkanes) is 1. The Morgan fingerprint density at radius 1 is 1.28 bits per heavy atom. The minimum absolute atomic E-state index is 0.00514. The van der Waals surface area contributed by atoms with Gasteiger partial charge in [0.05, 0.1) is 11.1 Å². The zero-order valence-corrected chi connectivity index (χ0v) is 15.9. The van der Waals surface area contributed by atoms with Crippen LogP contribution in [0.3, 0.4) is 0 Å². The van der Waals surface area contributed by atoms with Crippen LogP contribution in [0, 0.1) is 0 Å². The first-order chi connectivity index (χ1) is 14.0. The molecule has 1 atom stereocenters. The summed E-state index contributed by atoms with van der Waals surface area (Å²) >= 11 is 0. The summed E-state index contributed by atoms with van der Waals surface area (Å²) in [5.74, 6) is -1.93. The maximum atomic E-state index is 12.5. The van der Waals surface area contributed by atoms with Crippen LogP contribution in [0.25, 0.3) is 0 Å². The van der Waals surface area contributed by atoms with E-state index in [1.54, 1.807) is 0 Å². The van der Waals surface area contributed by atoms with Crippen LogP contribution < -0.4 is 26.4 Å². The fourth-order valence-electron chi connectivity index (χ4n) is 2.75. The summed E-state index contributed by atoms with van der Waals surface area (Å²) in [7, 11) is 0. The number of carbonyl (C=O) groups excluding carboxylic acids is 5. The molecular weight excluding hydrogens is 380 g/mol. The lowest BCUT2D eigenvalue weighted by Gasteiger charge is -2.22. The number of hydrogen-bond acceptors (Lipinski definition) is 7. The number of nitrogens with two attached hydrogens (primary N) is 1. The Morgan fingerprint density at radius 2 is 2.07 bits per heavy atom. The molecule has 0 saturated carbocycles. The Labute approximate surface area is 167 Å². The van der Waals surface area contributed by atoms with Crippen molar-refractivity contribution in [3.63, 3.8) is 0 Å². The Balaban J connectivity index is 2.00. The van der Waals surface area contributed by atoms with Crippen molar-refractivity contribution in [2.45, 2.75) is 31.7 Å². The third-order valence-corrected chi connectivity index (χ3v) is 4.28. The molecule has 0 spiro atoms. The lowest BCUT2D eigenvalue weighted by Crippen LogP contribution is -2.52. The number of rotatable bonds is 10. The molecule has 4 amide bonds. The van der Waals surface area contributed by atoms with Crippen molar-refractivity contribution in [1.29, 1.82) is 0 Å². The SMILES string of the molecule is NCCCCNC(=O)COc1cccc(C(=O)NC2CCC(=O)NC2=O)c1C=O. The van der Waals surface area contributed by atoms with Gasteiger partial charge >= 0.3 is 0 Å². The molecular formula is C19H24N4O6. The van der Waals surface area contributed by atoms with Gasteiger partial charge in [-0.05, 0) is 37.9 Å². The Hall–Kier alpha value is -3.27. The molecule has 1 heterocycles. The molecule has 10 nitrogen and oxygen atoms in total. The van der Waals surface area contributed by atoms with E-state index in [-0.39, 0.29) is 42.2 Å². The second kappa shape index (κ2) is 10.9. The number of aldehydes is 1. The monoisotopic (exact) mass is 404 g/mol. The maximum Gasteiger partial charge on any atom is 0.257 e. The molecule has 29 heavy (non-hydrogen) atoms. The predicted octanol–water partition coefficient (Wildman–Crippen LogP) is -0.732. The summed E-state index contributed by atoms with van der Waals surface area (Å²) in [6.07, 6.45) is 2.28. The van der Waals surface area contributed by atoms with E-state index >= 15 is 0 Å². The van der Waals surface area contributed by atoms with E-state index in [1.165, 1.54) is 18.2 Å². The van der Waals surface area contributed by atoms with Crippen LogP contribution >= 0.6 is 0 Å². The fraction of sp³-hybridized carbons (Fsp3) is 0.421. The predicted molar refractivity (Wildman–Crippen MR) is 102 cm³/mol. The number of imide groups is 1. The number of benzene rings is 1. The van der Waals surface area contributed by atoms with Gasteiger partial charge in [-0.15, -0.1) is 0 Å². The van der Waals surface area contributed by atoms with E-state index in [0.29, 0.717) is 19.4 Å². The summed E-state index contributed by atoms with van der Waals surface area (Å²) in [6, 6.07) is 3.50. The molecule has 5 N–H and O–H groups in total. The molecule has 0 bridgehead atoms. The Kier molecular flexibility index (Phi) is 8.28. The van der Waals surface area contributed by atoms with Gasteiger partial charge in [-0.2, -0.15) is 0 Å². The van der Waals surface area contributed by atoms with Crippen LogP contribution in [0.5, 0.6) is 5.75 Å². The van der Waals surface area contributed by atoms with Gasteiger partial charge in [0.25, 0.3) is 11.8 Å². The first kappa shape index (κ1) is 22.0. The van der Waals surface area contributed by atoms with Crippen LogP contribution in [0.2, 0.25) is 0 Å². The maximum absolute atomic E-state index is 12.5. The van der Waals surface area contributed by atoms with Gasteiger partial charge in [0.15, 0.2) is 12.9 Å². The largest absolute Gasteiger partial charge is 0.483 e. The van der Waals surface area contributed by atoms with Crippen LogP contribution in [-0.4, -0.2) is 55.7 Å². The van der Waals surface area contributed by atoms with E-state index in [2.05, 4.69) is 16.0 Å². The van der Waals surface area contributed by atoms with Crippen molar-refractivity contribution in [3.8, 4) is 5.75 Å². The second-order valence-corrected chi connectivity index (χ2v) is 6.45. The van der Waals surface area contributed by atoms with Gasteiger partial charge in [0, 0.05) is 13.0 Å². The van der Waals surface area contributed by atoms with E-state index in [0.717, 1.165) is 12.8 Å². The molecule has 1 aliphatic heterocycles. The third-order valence-electron chi connectivity index (χ3n) is 4.28. The topological polar surface area (TPSA) is 157 Å². The highest BCUT2D eigenvalue weighted by molar-refractivity contribution is 6.06. The summed E-state index contributed by atoms with van der Waals surface area (Å²) < 4.78 is 5.39. The van der Waals surface area contributed by atoms with E-state index in [9.17, 15) is 24.0 Å². The molecule has 1 fully saturated rings. The Morgan fingerprint density at radius 3 is 2.76 bits per heavy atom. The standard InChI is InChI=1S/C19H24N4O6/c20-8-1-2-9-21-17(26)11-29-15-5-3-4-12(13(15)10-24)18(27)22-14-6-7-16(25)23-19(14)28/h3-5,10,14H,1-2,6-9,11,20H2,(H,21,26)(H,22,27)(H,23,25,28). The minimum Gasteiger partial charge on any atom is -0.483 e. The molecule has 0 aromatic heterocycles. The molecule has 1 aliphatic rings. The highest BCUT2D eigenvalue weighted by Gasteiger charge is 2.29. The summed E-state index contributed by atoms with van der Waals surface area (Å²) in [5.41, 5.74) is 5.35. The lowest BCUT2D eigenvalue weighted by atomic mass is 10.0. The smallest absolute Gasteiger partial charge is 0.257 e. The van der Waals surface area contributed by atoms with Gasteiger partial charge < -0.3 is 21.1 Å². The number of carbonyl (C=O) groups is 5. The van der Waals surface area contributed by atoms with Gasteiger partial charge in [-0.3, -0.25) is 29.3 Å². The average molecular weight is 404 g/mol. The van der Waals surface area contributed by atoms with E-state index in [4.69, 9.17) is 10.5 Å². The molecule has 1 saturated heterocycles. The number of nitrogens with one attached hydrogen (secondary N) is 3. The molecule has 1 aromatic carbocycles. The summed E-state index contributed by atoms with van der Waals surface area (Å²) in [5, 5.41) is 7.32. The van der Waals surface area contributed by atoms with Crippen LogP contribution in [0.15, 0.2) is 18.2 Å². The molecule has 2 rings (SSSR count). The zero-order chi connectivity index (χ0) is 21.2. The van der Waals surface area contributed by atoms with Gasteiger partial charge in [0.1, 0.15) is 11.8 Å². The fourth-order valence-corrected chi connectivity index (χ4v) is 2.75. The molecule has 0 radical (unpaired) electrons. The third kappa shape index (κ3) is 6.39. The molecule has 1 unspecified atom stereocenters. The second-order valence-electron chi connectivity index (χ2n) is 6.45. The molecule has 1 aromatic rings. The molecule has 0 aliphatic carbocycles. The van der Waals surface area contributed by atoms with Crippen molar-refractivity contribution in [3.05, 3.63) is 29.3 Å². The number of hydrogen-bond donors (Lipinski definition) is 4. The molecule has 10 heteroatoms. The minimum atomic E-state index is -0.872. The average Bonchev–Trinajstić information content (AvgIpc) is 2.71. The first-order valence-electron chi connectivity index (χ1n) is 9.28. The van der Waals surface area contributed by atoms with E-state index < -0.39 is 23.8 Å². The van der Waals surface area contributed by atoms with Gasteiger partial charge in [-0.1, -0.05) is 6.07 Å². The van der Waals surface area contributed by atoms with Crippen molar-refractivity contribution in [2.75, 3.05) is 19.7 Å². The van der Waals surface area contributed by atoms with Crippen LogP contribution in [0.1, 0.15) is 46.4 Å². The van der Waals surface area contributed by atoms with Gasteiger partial charge in [0.2, 0.25) is 11.8 Å². The number of ether oxygens (including phenoxy) is 1. The quantitative estimate of drug-likeness (QED) is 0.227. The zero-order valence-electron chi connectivity index (χ0n) is 15.9. The molecule has 156 valence electrons. The van der Waals surface area contributed by atoms with Crippen LogP contribution in [0.4, 0.5) is 0 Å². The number of amides is 4. The number of piperidine rings is 1. The summed E-state index contributed by atoms with van der Waals surface area (Å²) in [6.45, 7) is 0.693. The van der Waals surface area contributed by atoms with Crippen molar-refractivity contribution in [2.24, 2.45) is 5.73 Å². The lowest BCUT2D eigenvalue weighted by molar-refractivity contribution is -0.134.